The lowest BCUT2D eigenvalue weighted by molar-refractivity contribution is 0.297. The summed E-state index contributed by atoms with van der Waals surface area (Å²) in [5.74, 6) is 1.29. The summed E-state index contributed by atoms with van der Waals surface area (Å²) < 4.78 is 11.2. The van der Waals surface area contributed by atoms with Crippen LogP contribution in [0.4, 0.5) is 5.69 Å². The maximum Gasteiger partial charge on any atom is 0.138 e. The van der Waals surface area contributed by atoms with E-state index in [1.54, 1.807) is 31.5 Å². The van der Waals surface area contributed by atoms with E-state index in [2.05, 4.69) is 10.5 Å². The van der Waals surface area contributed by atoms with Crippen LogP contribution in [-0.2, 0) is 6.61 Å². The van der Waals surface area contributed by atoms with Crippen LogP contribution < -0.4 is 14.9 Å². The first-order valence-electron chi connectivity index (χ1n) is 8.24. The van der Waals surface area contributed by atoms with Crippen molar-refractivity contribution in [2.75, 3.05) is 12.5 Å². The van der Waals surface area contributed by atoms with Crippen LogP contribution in [-0.4, -0.2) is 13.3 Å². The molecule has 0 saturated heterocycles. The molecule has 3 aromatic rings. The minimum atomic E-state index is 0.304. The Kier molecular flexibility index (Phi) is 6.58. The van der Waals surface area contributed by atoms with E-state index >= 15 is 0 Å². The molecular weight excluding hydrogens is 383 g/mol. The third-order valence-corrected chi connectivity index (χ3v) is 4.29. The van der Waals surface area contributed by atoms with Gasteiger partial charge in [0.25, 0.3) is 0 Å². The van der Waals surface area contributed by atoms with Crippen LogP contribution in [0.3, 0.4) is 0 Å². The van der Waals surface area contributed by atoms with E-state index in [0.717, 1.165) is 22.6 Å². The van der Waals surface area contributed by atoms with Crippen molar-refractivity contribution in [3.05, 3.63) is 87.9 Å². The van der Waals surface area contributed by atoms with Gasteiger partial charge >= 0.3 is 0 Å². The van der Waals surface area contributed by atoms with Gasteiger partial charge in [0, 0.05) is 10.6 Å². The van der Waals surface area contributed by atoms with Gasteiger partial charge in [0.1, 0.15) is 18.1 Å². The Labute approximate surface area is 168 Å². The largest absolute Gasteiger partial charge is 0.496 e. The maximum atomic E-state index is 6.16. The number of halogens is 2. The molecular formula is C21H18Cl2N2O2. The van der Waals surface area contributed by atoms with Crippen molar-refractivity contribution in [3.63, 3.8) is 0 Å². The van der Waals surface area contributed by atoms with Gasteiger partial charge in [-0.05, 0) is 54.1 Å². The topological polar surface area (TPSA) is 42.8 Å². The second-order valence-electron chi connectivity index (χ2n) is 5.67. The fraction of sp³-hybridized carbons (Fsp3) is 0.0952. The molecule has 0 amide bonds. The highest BCUT2D eigenvalue weighted by molar-refractivity contribution is 6.35. The highest BCUT2D eigenvalue weighted by atomic mass is 35.5. The Morgan fingerprint density at radius 1 is 0.963 bits per heavy atom. The Balaban J connectivity index is 1.71. The summed E-state index contributed by atoms with van der Waals surface area (Å²) in [5, 5.41) is 5.29. The van der Waals surface area contributed by atoms with Crippen LogP contribution in [0.2, 0.25) is 10.0 Å². The van der Waals surface area contributed by atoms with Crippen molar-refractivity contribution in [2.45, 2.75) is 6.61 Å². The van der Waals surface area contributed by atoms with Gasteiger partial charge in [-0.1, -0.05) is 41.4 Å². The number of benzene rings is 3. The molecule has 0 bridgehead atoms. The SMILES string of the molecule is COc1ccc(C=NNc2ccccc2)cc1COc1ccc(Cl)cc1Cl. The molecule has 138 valence electrons. The maximum absolute atomic E-state index is 6.16. The first-order valence-corrected chi connectivity index (χ1v) is 9.00. The Hall–Kier alpha value is -2.69. The van der Waals surface area contributed by atoms with Crippen molar-refractivity contribution >= 4 is 35.1 Å². The molecule has 4 nitrogen and oxygen atoms in total. The zero-order chi connectivity index (χ0) is 19.1. The summed E-state index contributed by atoms with van der Waals surface area (Å²) in [7, 11) is 1.62. The van der Waals surface area contributed by atoms with E-state index in [0.29, 0.717) is 22.4 Å². The number of para-hydroxylation sites is 1. The molecule has 0 saturated carbocycles. The quantitative estimate of drug-likeness (QED) is 0.389. The minimum absolute atomic E-state index is 0.304. The Bertz CT molecular complexity index is 931. The van der Waals surface area contributed by atoms with Gasteiger partial charge in [-0.3, -0.25) is 5.43 Å². The number of rotatable bonds is 7. The highest BCUT2D eigenvalue weighted by Crippen LogP contribution is 2.29. The first kappa shape index (κ1) is 19.1. The number of ether oxygens (including phenoxy) is 2. The normalized spacial score (nSPS) is 10.8. The molecule has 0 aromatic heterocycles. The van der Waals surface area contributed by atoms with Crippen molar-refractivity contribution in [2.24, 2.45) is 5.10 Å². The van der Waals surface area contributed by atoms with E-state index < -0.39 is 0 Å². The van der Waals surface area contributed by atoms with Gasteiger partial charge < -0.3 is 9.47 Å². The van der Waals surface area contributed by atoms with Crippen molar-refractivity contribution < 1.29 is 9.47 Å². The number of nitrogens with zero attached hydrogens (tertiary/aromatic N) is 1. The molecule has 6 heteroatoms. The summed E-state index contributed by atoms with van der Waals surface area (Å²) in [4.78, 5) is 0. The fourth-order valence-electron chi connectivity index (χ4n) is 2.43. The molecule has 1 N–H and O–H groups in total. The average Bonchev–Trinajstić information content (AvgIpc) is 2.68. The summed E-state index contributed by atoms with van der Waals surface area (Å²) in [6.07, 6.45) is 1.74. The second-order valence-corrected chi connectivity index (χ2v) is 6.51. The number of hydrazone groups is 1. The second kappa shape index (κ2) is 9.31. The molecule has 0 atom stereocenters. The van der Waals surface area contributed by atoms with Gasteiger partial charge in [0.15, 0.2) is 0 Å². The highest BCUT2D eigenvalue weighted by Gasteiger charge is 2.07. The summed E-state index contributed by atoms with van der Waals surface area (Å²) in [6, 6.07) is 20.6. The van der Waals surface area contributed by atoms with Crippen LogP contribution in [0.1, 0.15) is 11.1 Å². The molecule has 0 heterocycles. The van der Waals surface area contributed by atoms with Crippen LogP contribution in [0.15, 0.2) is 71.8 Å². The molecule has 0 unspecified atom stereocenters. The third kappa shape index (κ3) is 5.39. The first-order chi connectivity index (χ1) is 13.2. The molecule has 3 rings (SSSR count). The molecule has 0 radical (unpaired) electrons. The number of hydrogen-bond donors (Lipinski definition) is 1. The third-order valence-electron chi connectivity index (χ3n) is 3.76. The van der Waals surface area contributed by atoms with Gasteiger partial charge in [0.2, 0.25) is 0 Å². The van der Waals surface area contributed by atoms with Crippen molar-refractivity contribution in [1.29, 1.82) is 0 Å². The van der Waals surface area contributed by atoms with E-state index in [1.165, 1.54) is 0 Å². The van der Waals surface area contributed by atoms with Crippen LogP contribution >= 0.6 is 23.2 Å². The lowest BCUT2D eigenvalue weighted by atomic mass is 10.1. The predicted octanol–water partition coefficient (Wildman–Crippen LogP) is 6.03. The molecule has 0 spiro atoms. The summed E-state index contributed by atoms with van der Waals surface area (Å²) >= 11 is 12.1. The molecule has 27 heavy (non-hydrogen) atoms. The van der Waals surface area contributed by atoms with Crippen LogP contribution in [0.5, 0.6) is 11.5 Å². The number of hydrogen-bond acceptors (Lipinski definition) is 4. The van der Waals surface area contributed by atoms with Crippen molar-refractivity contribution in [3.8, 4) is 11.5 Å². The Morgan fingerprint density at radius 3 is 2.48 bits per heavy atom. The van der Waals surface area contributed by atoms with Gasteiger partial charge in [-0.25, -0.2) is 0 Å². The minimum Gasteiger partial charge on any atom is -0.496 e. The zero-order valence-electron chi connectivity index (χ0n) is 14.7. The molecule has 0 aliphatic heterocycles. The molecule has 0 aliphatic rings. The summed E-state index contributed by atoms with van der Waals surface area (Å²) in [5.41, 5.74) is 5.71. The number of nitrogens with one attached hydrogen (secondary N) is 1. The summed E-state index contributed by atoms with van der Waals surface area (Å²) in [6.45, 7) is 0.304. The van der Waals surface area contributed by atoms with E-state index in [-0.39, 0.29) is 0 Å². The fourth-order valence-corrected chi connectivity index (χ4v) is 2.90. The lowest BCUT2D eigenvalue weighted by Crippen LogP contribution is -2.01. The lowest BCUT2D eigenvalue weighted by Gasteiger charge is -2.12. The molecule has 3 aromatic carbocycles. The van der Waals surface area contributed by atoms with Gasteiger partial charge in [0.05, 0.1) is 24.0 Å². The van der Waals surface area contributed by atoms with E-state index in [4.69, 9.17) is 32.7 Å². The Morgan fingerprint density at radius 2 is 1.74 bits per heavy atom. The monoisotopic (exact) mass is 400 g/mol. The van der Waals surface area contributed by atoms with E-state index in [1.807, 2.05) is 48.5 Å². The smallest absolute Gasteiger partial charge is 0.138 e. The number of anilines is 1. The van der Waals surface area contributed by atoms with Crippen LogP contribution in [0.25, 0.3) is 0 Å². The molecule has 0 fully saturated rings. The van der Waals surface area contributed by atoms with Crippen molar-refractivity contribution in [1.82, 2.24) is 0 Å². The molecule has 0 aliphatic carbocycles. The van der Waals surface area contributed by atoms with Crippen LogP contribution in [0, 0.1) is 0 Å². The zero-order valence-corrected chi connectivity index (χ0v) is 16.2. The predicted molar refractivity (Wildman–Crippen MR) is 111 cm³/mol. The standard InChI is InChI=1S/C21H18Cl2N2O2/c1-26-20-9-7-15(13-24-25-18-5-3-2-4-6-18)11-16(20)14-27-21-10-8-17(22)12-19(21)23/h2-13,25H,14H2,1H3. The average molecular weight is 401 g/mol. The van der Waals surface area contributed by atoms with Gasteiger partial charge in [-0.15, -0.1) is 0 Å². The number of methoxy groups -OCH3 is 1. The van der Waals surface area contributed by atoms with E-state index in [9.17, 15) is 0 Å². The van der Waals surface area contributed by atoms with Gasteiger partial charge in [-0.2, -0.15) is 5.10 Å².